The van der Waals surface area contributed by atoms with Gasteiger partial charge in [0.15, 0.2) is 0 Å². The van der Waals surface area contributed by atoms with Crippen LogP contribution in [0.15, 0.2) is 12.1 Å². The van der Waals surface area contributed by atoms with E-state index in [4.69, 9.17) is 4.74 Å². The minimum atomic E-state index is -0.536. The number of hydrogen-bond donors (Lipinski definition) is 1. The Hall–Kier alpha value is -1.18. The van der Waals surface area contributed by atoms with Gasteiger partial charge in [-0.05, 0) is 35.6 Å². The number of esters is 1. The maximum atomic E-state index is 13.2. The number of aromatic nitrogens is 2. The third-order valence-corrected chi connectivity index (χ3v) is 2.85. The van der Waals surface area contributed by atoms with Gasteiger partial charge in [0, 0.05) is 11.5 Å². The number of aromatic amines is 1. The van der Waals surface area contributed by atoms with Crippen molar-refractivity contribution in [2.24, 2.45) is 0 Å². The molecular weight excluding hydrogens is 326 g/mol. The van der Waals surface area contributed by atoms with Crippen LogP contribution < -0.4 is 0 Å². The summed E-state index contributed by atoms with van der Waals surface area (Å²) < 4.78 is 18.8. The lowest BCUT2D eigenvalue weighted by molar-refractivity contribution is 0.0528. The highest BCUT2D eigenvalue weighted by Gasteiger charge is 2.17. The summed E-state index contributed by atoms with van der Waals surface area (Å²) in [6.07, 6.45) is 0. The lowest BCUT2D eigenvalue weighted by atomic mass is 10.1. The number of H-pyrrole nitrogens is 1. The van der Waals surface area contributed by atoms with E-state index >= 15 is 0 Å². The van der Waals surface area contributed by atoms with Crippen LogP contribution in [0.5, 0.6) is 0 Å². The molecule has 0 unspecified atom stereocenters. The average Bonchev–Trinajstić information content (AvgIpc) is 2.59. The zero-order valence-electron chi connectivity index (χ0n) is 8.38. The maximum absolute atomic E-state index is 13.2. The van der Waals surface area contributed by atoms with Gasteiger partial charge < -0.3 is 4.74 Å². The molecule has 0 saturated heterocycles. The molecule has 0 aliphatic heterocycles. The molecule has 0 aliphatic carbocycles. The molecule has 0 saturated carbocycles. The number of nitrogens with one attached hydrogen (secondary N) is 1. The Balaban J connectivity index is 2.66. The zero-order chi connectivity index (χ0) is 11.7. The van der Waals surface area contributed by atoms with Gasteiger partial charge in [-0.3, -0.25) is 5.10 Å². The summed E-state index contributed by atoms with van der Waals surface area (Å²) in [6.45, 7) is 1.96. The Kier molecular flexibility index (Phi) is 3.08. The fraction of sp³-hybridized carbons (Fsp3) is 0.200. The second-order valence-electron chi connectivity index (χ2n) is 3.11. The highest BCUT2D eigenvalue weighted by atomic mass is 127. The quantitative estimate of drug-likeness (QED) is 0.678. The predicted molar refractivity (Wildman–Crippen MR) is 64.7 cm³/mol. The maximum Gasteiger partial charge on any atom is 0.339 e. The van der Waals surface area contributed by atoms with Crippen LogP contribution in [0, 0.1) is 9.52 Å². The molecule has 0 bridgehead atoms. The smallest absolute Gasteiger partial charge is 0.339 e. The first-order valence-electron chi connectivity index (χ1n) is 4.63. The van der Waals surface area contributed by atoms with Crippen LogP contribution in [0.3, 0.4) is 0 Å². The van der Waals surface area contributed by atoms with Crippen molar-refractivity contribution in [2.75, 3.05) is 6.61 Å². The first-order chi connectivity index (χ1) is 7.63. The first kappa shape index (κ1) is 11.3. The Morgan fingerprint density at radius 3 is 3.06 bits per heavy atom. The standard InChI is InChI=1S/C10H8FIN2O2/c1-2-16-10(15)6-3-5(11)4-7-8(6)9(12)14-13-7/h3-4H,2H2,1H3,(H,13,14). The average molecular weight is 334 g/mol. The minimum Gasteiger partial charge on any atom is -0.462 e. The summed E-state index contributed by atoms with van der Waals surface area (Å²) in [7, 11) is 0. The van der Waals surface area contributed by atoms with Crippen LogP contribution in [0.25, 0.3) is 10.9 Å². The molecule has 0 spiro atoms. The lowest BCUT2D eigenvalue weighted by Gasteiger charge is -2.03. The molecule has 16 heavy (non-hydrogen) atoms. The number of hydrogen-bond acceptors (Lipinski definition) is 3. The Morgan fingerprint density at radius 2 is 2.38 bits per heavy atom. The number of benzene rings is 1. The van der Waals surface area contributed by atoms with Crippen LogP contribution in [0.1, 0.15) is 17.3 Å². The molecule has 0 amide bonds. The number of ether oxygens (including phenoxy) is 1. The van der Waals surface area contributed by atoms with E-state index < -0.39 is 11.8 Å². The van der Waals surface area contributed by atoms with Crippen molar-refractivity contribution in [2.45, 2.75) is 6.92 Å². The molecule has 2 rings (SSSR count). The fourth-order valence-corrected chi connectivity index (χ4v) is 2.13. The van der Waals surface area contributed by atoms with Crippen LogP contribution in [-0.4, -0.2) is 22.8 Å². The summed E-state index contributed by atoms with van der Waals surface area (Å²) in [6, 6.07) is 2.44. The van der Waals surface area contributed by atoms with E-state index in [9.17, 15) is 9.18 Å². The van der Waals surface area contributed by atoms with Crippen molar-refractivity contribution in [1.29, 1.82) is 0 Å². The molecule has 0 radical (unpaired) electrons. The van der Waals surface area contributed by atoms with Gasteiger partial charge in [0.25, 0.3) is 0 Å². The van der Waals surface area contributed by atoms with Gasteiger partial charge in [-0.1, -0.05) is 0 Å². The largest absolute Gasteiger partial charge is 0.462 e. The van der Waals surface area contributed by atoms with Crippen molar-refractivity contribution >= 4 is 39.5 Å². The SMILES string of the molecule is CCOC(=O)c1cc(F)cc2n[nH]c(I)c12. The second-order valence-corrected chi connectivity index (χ2v) is 4.18. The van der Waals surface area contributed by atoms with E-state index in [0.717, 1.165) is 6.07 Å². The van der Waals surface area contributed by atoms with E-state index in [1.807, 2.05) is 22.6 Å². The summed E-state index contributed by atoms with van der Waals surface area (Å²) in [4.78, 5) is 11.6. The number of carbonyl (C=O) groups is 1. The Morgan fingerprint density at radius 1 is 1.62 bits per heavy atom. The number of nitrogens with zero attached hydrogens (tertiary/aromatic N) is 1. The van der Waals surface area contributed by atoms with E-state index in [1.165, 1.54) is 6.07 Å². The number of fused-ring (bicyclic) bond motifs is 1. The zero-order valence-corrected chi connectivity index (χ0v) is 10.5. The van der Waals surface area contributed by atoms with Gasteiger partial charge in [-0.15, -0.1) is 0 Å². The van der Waals surface area contributed by atoms with Crippen molar-refractivity contribution in [3.63, 3.8) is 0 Å². The minimum absolute atomic E-state index is 0.204. The van der Waals surface area contributed by atoms with Gasteiger partial charge in [0.1, 0.15) is 9.52 Å². The third kappa shape index (κ3) is 1.89. The first-order valence-corrected chi connectivity index (χ1v) is 5.71. The Bertz CT molecular complexity index is 553. The van der Waals surface area contributed by atoms with Gasteiger partial charge in [0.05, 0.1) is 17.7 Å². The molecule has 6 heteroatoms. The van der Waals surface area contributed by atoms with Crippen LogP contribution in [0.2, 0.25) is 0 Å². The molecular formula is C10H8FIN2O2. The van der Waals surface area contributed by atoms with Gasteiger partial charge in [-0.2, -0.15) is 5.10 Å². The summed E-state index contributed by atoms with van der Waals surface area (Å²) in [5.41, 5.74) is 0.627. The summed E-state index contributed by atoms with van der Waals surface area (Å²) >= 11 is 2.00. The van der Waals surface area contributed by atoms with Crippen molar-refractivity contribution < 1.29 is 13.9 Å². The van der Waals surface area contributed by atoms with E-state index in [2.05, 4.69) is 10.2 Å². The van der Waals surface area contributed by atoms with Crippen LogP contribution >= 0.6 is 22.6 Å². The lowest BCUT2D eigenvalue weighted by Crippen LogP contribution is -2.06. The molecule has 1 heterocycles. The number of rotatable bonds is 2. The Labute approximate surface area is 104 Å². The highest BCUT2D eigenvalue weighted by Crippen LogP contribution is 2.24. The highest BCUT2D eigenvalue weighted by molar-refractivity contribution is 14.1. The number of carbonyl (C=O) groups excluding carboxylic acids is 1. The monoisotopic (exact) mass is 334 g/mol. The summed E-state index contributed by atoms with van der Waals surface area (Å²) in [5, 5.41) is 7.20. The molecule has 1 aromatic carbocycles. The molecule has 4 nitrogen and oxygen atoms in total. The number of halogens is 2. The van der Waals surface area contributed by atoms with E-state index in [-0.39, 0.29) is 12.2 Å². The molecule has 0 aliphatic rings. The fourth-order valence-electron chi connectivity index (χ4n) is 1.45. The topological polar surface area (TPSA) is 55.0 Å². The van der Waals surface area contributed by atoms with Crippen LogP contribution in [-0.2, 0) is 4.74 Å². The van der Waals surface area contributed by atoms with E-state index in [0.29, 0.717) is 14.6 Å². The van der Waals surface area contributed by atoms with Crippen molar-refractivity contribution in [3.8, 4) is 0 Å². The van der Waals surface area contributed by atoms with Gasteiger partial charge >= 0.3 is 5.97 Å². The molecule has 2 aromatic rings. The van der Waals surface area contributed by atoms with Crippen LogP contribution in [0.4, 0.5) is 4.39 Å². The second kappa shape index (κ2) is 4.36. The van der Waals surface area contributed by atoms with Crippen molar-refractivity contribution in [3.05, 3.63) is 27.2 Å². The van der Waals surface area contributed by atoms with E-state index in [1.54, 1.807) is 6.92 Å². The molecule has 1 N–H and O–H groups in total. The predicted octanol–water partition coefficient (Wildman–Crippen LogP) is 2.48. The van der Waals surface area contributed by atoms with Gasteiger partial charge in [0.2, 0.25) is 0 Å². The molecule has 0 atom stereocenters. The summed E-state index contributed by atoms with van der Waals surface area (Å²) in [5.74, 6) is -1.04. The third-order valence-electron chi connectivity index (χ3n) is 2.07. The van der Waals surface area contributed by atoms with Gasteiger partial charge in [-0.25, -0.2) is 9.18 Å². The molecule has 1 aromatic heterocycles. The molecule has 0 fully saturated rings. The van der Waals surface area contributed by atoms with Crippen molar-refractivity contribution in [1.82, 2.24) is 10.2 Å². The normalized spacial score (nSPS) is 10.7. The molecule has 84 valence electrons.